The molecule has 0 saturated heterocycles. The molecule has 8 nitrogen and oxygen atoms in total. The SMILES string of the molecule is CCOC(C)=O.c1ccc(C2=NC3=N[C@]2(c2ccccc2)OO[C@@]2(c4ccccc4)N=C(N=C2c2ccccc2)c2ccc(cc2)-c2cccc4cccc(c24)-c2ccc3cc2)cc1. The molecule has 0 aromatic heterocycles. The fourth-order valence-corrected chi connectivity index (χ4v) is 8.47. The summed E-state index contributed by atoms with van der Waals surface area (Å²) in [6.45, 7) is 3.65. The molecule has 0 fully saturated rings. The predicted octanol–water partition coefficient (Wildman–Crippen LogP) is 11.9. The molecule has 8 aromatic carbocycles. The van der Waals surface area contributed by atoms with Gasteiger partial charge in [-0.15, -0.1) is 0 Å². The van der Waals surface area contributed by atoms with Crippen molar-refractivity contribution < 1.29 is 19.3 Å². The van der Waals surface area contributed by atoms with Gasteiger partial charge in [0.25, 0.3) is 11.4 Å². The zero-order valence-electron chi connectivity index (χ0n) is 35.3. The number of nitrogens with zero attached hydrogens (tertiary/aromatic N) is 4. The number of carbonyl (C=O) groups is 1. The van der Waals surface area contributed by atoms with Gasteiger partial charge in [-0.3, -0.25) is 4.79 Å². The van der Waals surface area contributed by atoms with Crippen LogP contribution in [0, 0.1) is 0 Å². The lowest BCUT2D eigenvalue weighted by Crippen LogP contribution is -2.42. The second-order valence-corrected chi connectivity index (χ2v) is 15.5. The highest BCUT2D eigenvalue weighted by Crippen LogP contribution is 2.45. The van der Waals surface area contributed by atoms with Gasteiger partial charge in [-0.1, -0.05) is 206 Å². The minimum Gasteiger partial charge on any atom is -0.466 e. The van der Waals surface area contributed by atoms with E-state index in [-0.39, 0.29) is 5.97 Å². The van der Waals surface area contributed by atoms with Gasteiger partial charge in [-0.2, -0.15) is 9.78 Å². The van der Waals surface area contributed by atoms with Crippen LogP contribution >= 0.6 is 0 Å². The molecular weight excluding hydrogens is 793 g/mol. The van der Waals surface area contributed by atoms with Crippen LogP contribution in [0.25, 0.3) is 33.0 Å². The van der Waals surface area contributed by atoms with E-state index in [1.165, 1.54) is 12.3 Å². The van der Waals surface area contributed by atoms with Gasteiger partial charge in [0, 0.05) is 40.3 Å². The number of fused-ring (bicyclic) bond motifs is 2. The third-order valence-corrected chi connectivity index (χ3v) is 11.5. The lowest BCUT2D eigenvalue weighted by Gasteiger charge is -2.33. The number of amidine groups is 2. The summed E-state index contributed by atoms with van der Waals surface area (Å²) >= 11 is 0. The Bertz CT molecular complexity index is 2910. The Hall–Kier alpha value is -7.91. The van der Waals surface area contributed by atoms with Crippen LogP contribution < -0.4 is 0 Å². The maximum absolute atomic E-state index is 9.82. The molecule has 0 radical (unpaired) electrons. The Labute approximate surface area is 371 Å². The summed E-state index contributed by atoms with van der Waals surface area (Å²) in [6.07, 6.45) is 0. The van der Waals surface area contributed by atoms with Crippen molar-refractivity contribution >= 4 is 39.8 Å². The second-order valence-electron chi connectivity index (χ2n) is 15.5. The molecule has 5 aliphatic rings. The highest BCUT2D eigenvalue weighted by molar-refractivity contribution is 6.21. The van der Waals surface area contributed by atoms with Gasteiger partial charge in [0.2, 0.25) is 0 Å². The standard InChI is InChI=1S/C52H34N4O2.C4H8O2/c1-5-15-38(16-6-1)47-51(42-21-9-3-10-22-42)55-49(53-47)40-31-27-35(28-32-40)44-25-13-19-37-20-14-26-45(46(37)44)36-29-33-41(34-30-36)50-54-48(39-17-7-2-8-18-39)52(56-50,58-57-51)43-23-11-4-12-24-43;1-3-6-4(2)5/h1-34H;3H2,1-2H3/t51-,52-;/m1./s1. The first kappa shape index (κ1) is 40.2. The van der Waals surface area contributed by atoms with Crippen LogP contribution in [0.5, 0.6) is 0 Å². The zero-order valence-corrected chi connectivity index (χ0v) is 35.3. The Morgan fingerprint density at radius 3 is 1.19 bits per heavy atom. The fourth-order valence-electron chi connectivity index (χ4n) is 8.47. The molecular formula is C56H42N4O4. The van der Waals surface area contributed by atoms with Crippen molar-refractivity contribution in [3.05, 3.63) is 240 Å². The summed E-state index contributed by atoms with van der Waals surface area (Å²) in [5.74, 6) is 0.832. The van der Waals surface area contributed by atoms with E-state index in [1.54, 1.807) is 6.92 Å². The van der Waals surface area contributed by atoms with Crippen molar-refractivity contribution in [1.29, 1.82) is 0 Å². The van der Waals surface area contributed by atoms with Gasteiger partial charge >= 0.3 is 5.97 Å². The monoisotopic (exact) mass is 834 g/mol. The van der Waals surface area contributed by atoms with E-state index in [2.05, 4.69) is 89.7 Å². The molecule has 310 valence electrons. The maximum atomic E-state index is 9.82. The Morgan fingerprint density at radius 2 is 0.828 bits per heavy atom. The van der Waals surface area contributed by atoms with Crippen LogP contribution in [0.4, 0.5) is 0 Å². The average molecular weight is 835 g/mol. The van der Waals surface area contributed by atoms with Crippen molar-refractivity contribution in [3.8, 4) is 22.3 Å². The summed E-state index contributed by atoms with van der Waals surface area (Å²) in [5, 5.41) is 2.35. The molecule has 0 spiro atoms. The maximum Gasteiger partial charge on any atom is 0.302 e. The summed E-state index contributed by atoms with van der Waals surface area (Å²) in [5.41, 5.74) is 7.45. The molecule has 8 aromatic rings. The van der Waals surface area contributed by atoms with Crippen LogP contribution in [0.15, 0.2) is 226 Å². The van der Waals surface area contributed by atoms with Gasteiger partial charge in [-0.25, -0.2) is 20.0 Å². The number of ether oxygens (including phenoxy) is 1. The van der Waals surface area contributed by atoms with Gasteiger partial charge in [-0.05, 0) is 39.9 Å². The minimum absolute atomic E-state index is 0.211. The minimum atomic E-state index is -1.53. The van der Waals surface area contributed by atoms with Gasteiger partial charge in [0.1, 0.15) is 11.4 Å². The van der Waals surface area contributed by atoms with Crippen LogP contribution in [-0.2, 0) is 30.8 Å². The molecule has 0 amide bonds. The van der Waals surface area contributed by atoms with E-state index in [0.717, 1.165) is 61.0 Å². The van der Waals surface area contributed by atoms with E-state index in [1.807, 2.05) is 121 Å². The van der Waals surface area contributed by atoms with E-state index in [4.69, 9.17) is 29.7 Å². The first-order valence-corrected chi connectivity index (χ1v) is 21.3. The quantitative estimate of drug-likeness (QED) is 0.127. The number of esters is 1. The number of rotatable bonds is 5. The normalized spacial score (nSPS) is 18.3. The van der Waals surface area contributed by atoms with Gasteiger partial charge in [0.05, 0.1) is 6.61 Å². The lowest BCUT2D eigenvalue weighted by molar-refractivity contribution is -0.387. The predicted molar refractivity (Wildman–Crippen MR) is 255 cm³/mol. The highest BCUT2D eigenvalue weighted by atomic mass is 17.2. The van der Waals surface area contributed by atoms with Crippen molar-refractivity contribution in [3.63, 3.8) is 0 Å². The first-order valence-electron chi connectivity index (χ1n) is 21.3. The molecule has 8 bridgehead atoms. The molecule has 0 aliphatic carbocycles. The topological polar surface area (TPSA) is 94.2 Å². The van der Waals surface area contributed by atoms with E-state index in [9.17, 15) is 4.79 Å². The van der Waals surface area contributed by atoms with Crippen molar-refractivity contribution in [1.82, 2.24) is 0 Å². The average Bonchev–Trinajstić information content (AvgIpc) is 3.95. The van der Waals surface area contributed by atoms with Crippen LogP contribution in [0.3, 0.4) is 0 Å². The molecule has 2 atom stereocenters. The van der Waals surface area contributed by atoms with Crippen molar-refractivity contribution in [2.75, 3.05) is 6.61 Å². The Balaban J connectivity index is 0.000000758. The van der Waals surface area contributed by atoms with Crippen LogP contribution in [0.2, 0.25) is 0 Å². The number of benzene rings is 8. The zero-order chi connectivity index (χ0) is 43.5. The van der Waals surface area contributed by atoms with Crippen LogP contribution in [-0.4, -0.2) is 35.7 Å². The fraction of sp³-hybridized carbons (Fsp3) is 0.0893. The number of aliphatic imine (C=N–C) groups is 4. The van der Waals surface area contributed by atoms with E-state index < -0.39 is 11.4 Å². The molecule has 64 heavy (non-hydrogen) atoms. The molecule has 0 N–H and O–H groups in total. The number of hydrogen-bond acceptors (Lipinski definition) is 8. The first-order chi connectivity index (χ1) is 31.5. The van der Waals surface area contributed by atoms with Crippen molar-refractivity contribution in [2.24, 2.45) is 20.0 Å². The summed E-state index contributed by atoms with van der Waals surface area (Å²) < 4.78 is 4.40. The summed E-state index contributed by atoms with van der Waals surface area (Å²) in [7, 11) is 0. The summed E-state index contributed by atoms with van der Waals surface area (Å²) in [4.78, 5) is 45.3. The molecule has 0 saturated carbocycles. The molecule has 5 aliphatic heterocycles. The Kier molecular flexibility index (Phi) is 10.7. The third kappa shape index (κ3) is 7.34. The lowest BCUT2D eigenvalue weighted by atomic mass is 9.91. The van der Waals surface area contributed by atoms with Gasteiger partial charge < -0.3 is 4.74 Å². The molecule has 8 heteroatoms. The van der Waals surface area contributed by atoms with Crippen molar-refractivity contribution in [2.45, 2.75) is 25.3 Å². The summed E-state index contributed by atoms with van der Waals surface area (Å²) in [6, 6.07) is 69.8. The Morgan fingerprint density at radius 1 is 0.453 bits per heavy atom. The highest BCUT2D eigenvalue weighted by Gasteiger charge is 2.52. The van der Waals surface area contributed by atoms with E-state index in [0.29, 0.717) is 29.7 Å². The second kappa shape index (κ2) is 17.1. The van der Waals surface area contributed by atoms with E-state index >= 15 is 0 Å². The smallest absolute Gasteiger partial charge is 0.302 e. The van der Waals surface area contributed by atoms with Gasteiger partial charge in [0.15, 0.2) is 11.7 Å². The molecule has 5 heterocycles. The molecule has 13 rings (SSSR count). The molecule has 0 unspecified atom stereocenters. The third-order valence-electron chi connectivity index (χ3n) is 11.5. The number of carbonyl (C=O) groups excluding carboxylic acids is 1. The largest absolute Gasteiger partial charge is 0.466 e. The number of hydrogen-bond donors (Lipinski definition) is 0. The van der Waals surface area contributed by atoms with Crippen LogP contribution in [0.1, 0.15) is 47.2 Å².